The van der Waals surface area contributed by atoms with Gasteiger partial charge in [-0.25, -0.2) is 4.79 Å². The molecule has 1 aromatic heterocycles. The van der Waals surface area contributed by atoms with Crippen LogP contribution in [0.5, 0.6) is 0 Å². The Balaban J connectivity index is 2.42. The van der Waals surface area contributed by atoms with E-state index in [2.05, 4.69) is 9.72 Å². The third-order valence-corrected chi connectivity index (χ3v) is 3.64. The summed E-state index contributed by atoms with van der Waals surface area (Å²) in [6.45, 7) is -0.468. The molecule has 4 atom stereocenters. The van der Waals surface area contributed by atoms with Gasteiger partial charge in [0, 0.05) is 18.9 Å². The number of hydrogen-bond donors (Lipinski definition) is 3. The fourth-order valence-electron chi connectivity index (χ4n) is 2.42. The zero-order valence-corrected chi connectivity index (χ0v) is 12.6. The minimum Gasteiger partial charge on any atom is -0.469 e. The average molecular weight is 330 g/mol. The van der Waals surface area contributed by atoms with E-state index >= 15 is 0 Å². The minimum absolute atomic E-state index is 0.00292. The van der Waals surface area contributed by atoms with Crippen molar-refractivity contribution in [3.8, 4) is 0 Å². The van der Waals surface area contributed by atoms with Gasteiger partial charge in [-0.1, -0.05) is 0 Å². The standard InChI is InChI=1S/C13H18N2O8/c1-21-8(17)3-6-4-15(13(20)14-11(6)19)12-10(22-2)9(18)7(5-16)23-12/h4,7,9-10,12,16,18H,3,5H2,1-2H3,(H,14,19,20)/t7-,9?,10+,12-/m1/s1. The number of nitrogens with one attached hydrogen (secondary N) is 1. The van der Waals surface area contributed by atoms with Crippen LogP contribution in [-0.2, 0) is 25.4 Å². The molecule has 10 heteroatoms. The summed E-state index contributed by atoms with van der Waals surface area (Å²) in [6.07, 6.45) is -3.26. The molecule has 0 saturated carbocycles. The summed E-state index contributed by atoms with van der Waals surface area (Å²) >= 11 is 0. The molecule has 0 aliphatic carbocycles. The van der Waals surface area contributed by atoms with Gasteiger partial charge in [-0.2, -0.15) is 0 Å². The van der Waals surface area contributed by atoms with Crippen LogP contribution in [0.2, 0.25) is 0 Å². The van der Waals surface area contributed by atoms with E-state index in [4.69, 9.17) is 9.47 Å². The van der Waals surface area contributed by atoms with Crippen LogP contribution in [0.25, 0.3) is 0 Å². The highest BCUT2D eigenvalue weighted by Crippen LogP contribution is 2.30. The van der Waals surface area contributed by atoms with Crippen LogP contribution in [0.3, 0.4) is 0 Å². The number of methoxy groups -OCH3 is 2. The first-order valence-electron chi connectivity index (χ1n) is 6.81. The van der Waals surface area contributed by atoms with Crippen LogP contribution in [0, 0.1) is 0 Å². The van der Waals surface area contributed by atoms with Crippen LogP contribution in [0.15, 0.2) is 15.8 Å². The lowest BCUT2D eigenvalue weighted by Crippen LogP contribution is -2.40. The van der Waals surface area contributed by atoms with E-state index in [1.165, 1.54) is 14.2 Å². The molecule has 3 N–H and O–H groups in total. The highest BCUT2D eigenvalue weighted by molar-refractivity contribution is 5.72. The van der Waals surface area contributed by atoms with Gasteiger partial charge in [0.25, 0.3) is 5.56 Å². The quantitative estimate of drug-likeness (QED) is 0.504. The molecule has 1 aromatic rings. The lowest BCUT2D eigenvalue weighted by molar-refractivity contribution is -0.139. The number of ether oxygens (including phenoxy) is 3. The Hall–Kier alpha value is -2.01. The molecule has 2 heterocycles. The van der Waals surface area contributed by atoms with E-state index in [1.807, 2.05) is 0 Å². The molecule has 1 saturated heterocycles. The van der Waals surface area contributed by atoms with Gasteiger partial charge in [0.15, 0.2) is 6.23 Å². The van der Waals surface area contributed by atoms with Crippen molar-refractivity contribution in [1.29, 1.82) is 0 Å². The second kappa shape index (κ2) is 7.04. The van der Waals surface area contributed by atoms with E-state index in [0.717, 1.165) is 10.8 Å². The molecule has 1 fully saturated rings. The Morgan fingerprint density at radius 1 is 1.43 bits per heavy atom. The fraction of sp³-hybridized carbons (Fsp3) is 0.615. The van der Waals surface area contributed by atoms with Crippen LogP contribution < -0.4 is 11.2 Å². The Bertz CT molecular complexity index is 681. The number of aliphatic hydroxyl groups is 2. The number of aromatic nitrogens is 2. The molecular formula is C13H18N2O8. The van der Waals surface area contributed by atoms with Gasteiger partial charge in [-0.15, -0.1) is 0 Å². The first-order valence-corrected chi connectivity index (χ1v) is 6.81. The summed E-state index contributed by atoms with van der Waals surface area (Å²) < 4.78 is 16.0. The number of aliphatic hydroxyl groups excluding tert-OH is 2. The molecule has 0 bridgehead atoms. The summed E-state index contributed by atoms with van der Waals surface area (Å²) in [4.78, 5) is 37.2. The molecule has 2 rings (SSSR count). The maximum atomic E-state index is 12.0. The molecule has 0 spiro atoms. The first-order chi connectivity index (χ1) is 10.9. The number of rotatable bonds is 5. The molecule has 0 radical (unpaired) electrons. The Labute approximate surface area is 130 Å². The van der Waals surface area contributed by atoms with Gasteiger partial charge in [0.1, 0.15) is 18.3 Å². The normalized spacial score (nSPS) is 27.1. The van der Waals surface area contributed by atoms with Gasteiger partial charge in [0.05, 0.1) is 20.1 Å². The van der Waals surface area contributed by atoms with Crippen molar-refractivity contribution in [1.82, 2.24) is 9.55 Å². The van der Waals surface area contributed by atoms with Crippen molar-refractivity contribution in [2.45, 2.75) is 31.0 Å². The van der Waals surface area contributed by atoms with Crippen molar-refractivity contribution in [2.24, 2.45) is 0 Å². The second-order valence-electron chi connectivity index (χ2n) is 5.01. The molecule has 10 nitrogen and oxygen atoms in total. The third kappa shape index (κ3) is 3.34. The number of H-pyrrole nitrogens is 1. The fourth-order valence-corrected chi connectivity index (χ4v) is 2.42. The van der Waals surface area contributed by atoms with Crippen LogP contribution in [-0.4, -0.2) is 64.9 Å². The molecule has 1 aliphatic heterocycles. The summed E-state index contributed by atoms with van der Waals surface area (Å²) in [5.41, 5.74) is -1.51. The number of carbonyl (C=O) groups is 1. The summed E-state index contributed by atoms with van der Waals surface area (Å²) in [5.74, 6) is -0.649. The van der Waals surface area contributed by atoms with Gasteiger partial charge in [0.2, 0.25) is 0 Å². The summed E-state index contributed by atoms with van der Waals surface area (Å²) in [7, 11) is 2.49. The number of esters is 1. The molecule has 23 heavy (non-hydrogen) atoms. The van der Waals surface area contributed by atoms with Crippen molar-refractivity contribution >= 4 is 5.97 Å². The zero-order valence-electron chi connectivity index (χ0n) is 12.6. The number of hydrogen-bond acceptors (Lipinski definition) is 8. The maximum Gasteiger partial charge on any atom is 0.330 e. The highest BCUT2D eigenvalue weighted by atomic mass is 16.6. The van der Waals surface area contributed by atoms with E-state index in [0.29, 0.717) is 0 Å². The van der Waals surface area contributed by atoms with Crippen molar-refractivity contribution in [3.63, 3.8) is 0 Å². The Kier molecular flexibility index (Phi) is 5.31. The molecule has 1 aliphatic rings. The van der Waals surface area contributed by atoms with Gasteiger partial charge >= 0.3 is 11.7 Å². The Morgan fingerprint density at radius 2 is 2.13 bits per heavy atom. The van der Waals surface area contributed by atoms with Crippen molar-refractivity contribution < 1.29 is 29.2 Å². The molecule has 0 aromatic carbocycles. The monoisotopic (exact) mass is 330 g/mol. The lowest BCUT2D eigenvalue weighted by atomic mass is 10.1. The van der Waals surface area contributed by atoms with Crippen molar-refractivity contribution in [2.75, 3.05) is 20.8 Å². The SMILES string of the molecule is COC(=O)Cc1cn([C@@H]2O[C@H](CO)C(O)[C@@H]2OC)c(=O)[nH]c1=O. The number of carbonyl (C=O) groups excluding carboxylic acids is 1. The number of nitrogens with zero attached hydrogens (tertiary/aromatic N) is 1. The smallest absolute Gasteiger partial charge is 0.330 e. The minimum atomic E-state index is -1.15. The van der Waals surface area contributed by atoms with E-state index in [1.54, 1.807) is 0 Å². The van der Waals surface area contributed by atoms with E-state index in [9.17, 15) is 24.6 Å². The van der Waals surface area contributed by atoms with Crippen molar-refractivity contribution in [3.05, 3.63) is 32.6 Å². The van der Waals surface area contributed by atoms with Gasteiger partial charge in [-0.3, -0.25) is 19.1 Å². The van der Waals surface area contributed by atoms with Crippen LogP contribution >= 0.6 is 0 Å². The predicted octanol–water partition coefficient (Wildman–Crippen LogP) is -2.48. The zero-order chi connectivity index (χ0) is 17.1. The number of aromatic amines is 1. The maximum absolute atomic E-state index is 12.0. The molecule has 0 amide bonds. The third-order valence-electron chi connectivity index (χ3n) is 3.64. The van der Waals surface area contributed by atoms with Crippen LogP contribution in [0.1, 0.15) is 11.8 Å². The summed E-state index contributed by atoms with van der Waals surface area (Å²) in [6, 6.07) is 0. The Morgan fingerprint density at radius 3 is 2.70 bits per heavy atom. The van der Waals surface area contributed by atoms with E-state index < -0.39 is 48.4 Å². The largest absolute Gasteiger partial charge is 0.469 e. The topological polar surface area (TPSA) is 140 Å². The van der Waals surface area contributed by atoms with Gasteiger partial charge in [-0.05, 0) is 0 Å². The van der Waals surface area contributed by atoms with Crippen LogP contribution in [0.4, 0.5) is 0 Å². The lowest BCUT2D eigenvalue weighted by Gasteiger charge is -2.20. The second-order valence-corrected chi connectivity index (χ2v) is 5.01. The molecule has 128 valence electrons. The van der Waals surface area contributed by atoms with Gasteiger partial charge < -0.3 is 24.4 Å². The van der Waals surface area contributed by atoms with E-state index in [-0.39, 0.29) is 12.0 Å². The molecule has 1 unspecified atom stereocenters. The average Bonchev–Trinajstić information content (AvgIpc) is 2.85. The predicted molar refractivity (Wildman–Crippen MR) is 74.8 cm³/mol. The molecular weight excluding hydrogens is 312 g/mol. The summed E-state index contributed by atoms with van der Waals surface area (Å²) in [5, 5.41) is 19.2. The highest BCUT2D eigenvalue weighted by Gasteiger charge is 2.45. The first kappa shape index (κ1) is 17.3.